The zero-order valence-corrected chi connectivity index (χ0v) is 11.1. The Kier molecular flexibility index (Phi) is 4.18. The highest BCUT2D eigenvalue weighted by atomic mass is 32.2. The molecule has 1 N–H and O–H groups in total. The van der Waals surface area contributed by atoms with Crippen LogP contribution in [0.2, 0.25) is 0 Å². The normalized spacial score (nSPS) is 17.7. The van der Waals surface area contributed by atoms with Gasteiger partial charge in [-0.15, -0.1) is 4.83 Å². The standard InChI is InChI=1S/C11H17N3O3S/c1-17-18(15,16)12-14-8-4-5-11(10-14)9-13-6-2-3-7-13/h2-3,5-7,12H,4,8-10H2,1H3. The minimum Gasteiger partial charge on any atom is -0.350 e. The van der Waals surface area contributed by atoms with Gasteiger partial charge in [0.15, 0.2) is 0 Å². The van der Waals surface area contributed by atoms with Gasteiger partial charge in [-0.2, -0.15) is 8.42 Å². The summed E-state index contributed by atoms with van der Waals surface area (Å²) in [5, 5.41) is 1.65. The molecule has 1 aromatic heterocycles. The third kappa shape index (κ3) is 3.67. The van der Waals surface area contributed by atoms with E-state index in [-0.39, 0.29) is 0 Å². The highest BCUT2D eigenvalue weighted by Gasteiger charge is 2.18. The number of rotatable bonds is 5. The Hall–Kier alpha value is -1.15. The van der Waals surface area contributed by atoms with Gasteiger partial charge in [-0.1, -0.05) is 6.08 Å². The summed E-state index contributed by atoms with van der Waals surface area (Å²) in [5.41, 5.74) is 1.18. The summed E-state index contributed by atoms with van der Waals surface area (Å²) in [4.78, 5) is 2.39. The van der Waals surface area contributed by atoms with Crippen LogP contribution < -0.4 is 4.83 Å². The van der Waals surface area contributed by atoms with E-state index in [1.54, 1.807) is 5.01 Å². The van der Waals surface area contributed by atoms with Crippen LogP contribution in [0.3, 0.4) is 0 Å². The summed E-state index contributed by atoms with van der Waals surface area (Å²) in [5.74, 6) is 0. The molecule has 2 heterocycles. The largest absolute Gasteiger partial charge is 0.350 e. The van der Waals surface area contributed by atoms with Gasteiger partial charge in [0.2, 0.25) is 0 Å². The van der Waals surface area contributed by atoms with Gasteiger partial charge in [-0.05, 0) is 24.1 Å². The van der Waals surface area contributed by atoms with E-state index in [2.05, 4.69) is 19.7 Å². The SMILES string of the molecule is COS(=O)(=O)NN1CCC=C(Cn2cccc2)C1. The molecular formula is C11H17N3O3S. The quantitative estimate of drug-likeness (QED) is 0.793. The number of nitrogens with zero attached hydrogens (tertiary/aromatic N) is 2. The van der Waals surface area contributed by atoms with Crippen molar-refractivity contribution in [2.75, 3.05) is 20.2 Å². The first-order valence-electron chi connectivity index (χ1n) is 5.71. The molecule has 1 aliphatic heterocycles. The van der Waals surface area contributed by atoms with Gasteiger partial charge in [0, 0.05) is 32.0 Å². The summed E-state index contributed by atoms with van der Waals surface area (Å²) >= 11 is 0. The van der Waals surface area contributed by atoms with Crippen LogP contribution in [0.1, 0.15) is 6.42 Å². The van der Waals surface area contributed by atoms with Crippen molar-refractivity contribution in [2.45, 2.75) is 13.0 Å². The van der Waals surface area contributed by atoms with Crippen molar-refractivity contribution in [3.05, 3.63) is 36.2 Å². The molecule has 7 heteroatoms. The first-order chi connectivity index (χ1) is 8.59. The monoisotopic (exact) mass is 271 g/mol. The van der Waals surface area contributed by atoms with Crippen molar-refractivity contribution in [2.24, 2.45) is 0 Å². The predicted molar refractivity (Wildman–Crippen MR) is 67.8 cm³/mol. The predicted octanol–water partition coefficient (Wildman–Crippen LogP) is 0.516. The summed E-state index contributed by atoms with van der Waals surface area (Å²) < 4.78 is 29.0. The number of nitrogens with one attached hydrogen (secondary N) is 1. The Labute approximate surface area is 107 Å². The fraction of sp³-hybridized carbons (Fsp3) is 0.455. The Morgan fingerprint density at radius 1 is 1.39 bits per heavy atom. The van der Waals surface area contributed by atoms with Crippen molar-refractivity contribution in [1.29, 1.82) is 0 Å². The van der Waals surface area contributed by atoms with E-state index in [4.69, 9.17) is 0 Å². The Morgan fingerprint density at radius 2 is 2.11 bits per heavy atom. The van der Waals surface area contributed by atoms with Gasteiger partial charge < -0.3 is 4.57 Å². The van der Waals surface area contributed by atoms with Gasteiger partial charge in [0.25, 0.3) is 0 Å². The van der Waals surface area contributed by atoms with Crippen molar-refractivity contribution >= 4 is 10.3 Å². The summed E-state index contributed by atoms with van der Waals surface area (Å²) in [6, 6.07) is 3.93. The molecule has 100 valence electrons. The Bertz CT molecular complexity index is 508. The van der Waals surface area contributed by atoms with Crippen LogP contribution in [0.4, 0.5) is 0 Å². The molecule has 0 bridgehead atoms. The molecule has 0 saturated heterocycles. The van der Waals surface area contributed by atoms with E-state index in [9.17, 15) is 8.42 Å². The lowest BCUT2D eigenvalue weighted by Gasteiger charge is -2.27. The maximum Gasteiger partial charge on any atom is 0.348 e. The Balaban J connectivity index is 1.94. The minimum atomic E-state index is -3.66. The molecule has 0 aromatic carbocycles. The number of aromatic nitrogens is 1. The molecule has 0 unspecified atom stereocenters. The zero-order chi connectivity index (χ0) is 13.0. The third-order valence-electron chi connectivity index (χ3n) is 2.74. The molecule has 0 spiro atoms. The lowest BCUT2D eigenvalue weighted by atomic mass is 10.1. The van der Waals surface area contributed by atoms with Crippen LogP contribution in [0.25, 0.3) is 0 Å². The van der Waals surface area contributed by atoms with Crippen LogP contribution in [-0.4, -0.2) is 38.2 Å². The van der Waals surface area contributed by atoms with Crippen molar-refractivity contribution in [1.82, 2.24) is 14.4 Å². The smallest absolute Gasteiger partial charge is 0.348 e. The first-order valence-corrected chi connectivity index (χ1v) is 7.11. The van der Waals surface area contributed by atoms with E-state index in [0.29, 0.717) is 13.1 Å². The maximum absolute atomic E-state index is 11.3. The molecule has 0 saturated carbocycles. The molecule has 0 atom stereocenters. The van der Waals surface area contributed by atoms with Crippen LogP contribution in [0.15, 0.2) is 36.2 Å². The molecular weight excluding hydrogens is 254 g/mol. The van der Waals surface area contributed by atoms with E-state index >= 15 is 0 Å². The average molecular weight is 271 g/mol. The van der Waals surface area contributed by atoms with E-state index in [1.165, 1.54) is 5.57 Å². The second-order valence-electron chi connectivity index (χ2n) is 4.14. The molecule has 18 heavy (non-hydrogen) atoms. The van der Waals surface area contributed by atoms with Crippen LogP contribution in [0.5, 0.6) is 0 Å². The second kappa shape index (κ2) is 5.66. The van der Waals surface area contributed by atoms with Crippen LogP contribution >= 0.6 is 0 Å². The summed E-state index contributed by atoms with van der Waals surface area (Å²) in [7, 11) is -2.52. The zero-order valence-electron chi connectivity index (χ0n) is 10.2. The first kappa shape index (κ1) is 13.3. The van der Waals surface area contributed by atoms with Gasteiger partial charge in [-0.3, -0.25) is 4.18 Å². The van der Waals surface area contributed by atoms with E-state index < -0.39 is 10.3 Å². The number of hydrogen-bond acceptors (Lipinski definition) is 4. The number of hydrazine groups is 1. The molecule has 0 radical (unpaired) electrons. The van der Waals surface area contributed by atoms with Gasteiger partial charge in [-0.25, -0.2) is 5.01 Å². The van der Waals surface area contributed by atoms with E-state index in [0.717, 1.165) is 20.1 Å². The van der Waals surface area contributed by atoms with E-state index in [1.807, 2.05) is 24.5 Å². The lowest BCUT2D eigenvalue weighted by Crippen LogP contribution is -2.45. The highest BCUT2D eigenvalue weighted by Crippen LogP contribution is 2.11. The molecule has 0 aliphatic carbocycles. The maximum atomic E-state index is 11.3. The highest BCUT2D eigenvalue weighted by molar-refractivity contribution is 7.84. The lowest BCUT2D eigenvalue weighted by molar-refractivity contribution is 0.232. The van der Waals surface area contributed by atoms with Gasteiger partial charge >= 0.3 is 10.3 Å². The molecule has 1 aromatic rings. The van der Waals surface area contributed by atoms with Crippen molar-refractivity contribution in [3.63, 3.8) is 0 Å². The summed E-state index contributed by atoms with van der Waals surface area (Å²) in [6.07, 6.45) is 6.94. The van der Waals surface area contributed by atoms with Crippen molar-refractivity contribution in [3.8, 4) is 0 Å². The topological polar surface area (TPSA) is 63.6 Å². The minimum absolute atomic E-state index is 0.570. The van der Waals surface area contributed by atoms with Crippen LogP contribution in [-0.2, 0) is 21.0 Å². The molecule has 0 fully saturated rings. The fourth-order valence-electron chi connectivity index (χ4n) is 1.91. The molecule has 0 amide bonds. The van der Waals surface area contributed by atoms with Gasteiger partial charge in [0.05, 0.1) is 7.11 Å². The number of hydrogen-bond donors (Lipinski definition) is 1. The molecule has 2 rings (SSSR count). The third-order valence-corrected chi connectivity index (χ3v) is 3.66. The van der Waals surface area contributed by atoms with Gasteiger partial charge in [0.1, 0.15) is 0 Å². The second-order valence-corrected chi connectivity index (χ2v) is 5.56. The van der Waals surface area contributed by atoms with Crippen LogP contribution in [0, 0.1) is 0 Å². The summed E-state index contributed by atoms with van der Waals surface area (Å²) in [6.45, 7) is 2.00. The molecule has 1 aliphatic rings. The average Bonchev–Trinajstić information content (AvgIpc) is 2.82. The Morgan fingerprint density at radius 3 is 2.78 bits per heavy atom. The molecule has 6 nitrogen and oxygen atoms in total. The fourth-order valence-corrected chi connectivity index (χ4v) is 2.46. The van der Waals surface area contributed by atoms with Crippen molar-refractivity contribution < 1.29 is 12.6 Å².